The number of hydrogen-bond donors (Lipinski definition) is 1. The maximum absolute atomic E-state index is 5.35. The van der Waals surface area contributed by atoms with Crippen molar-refractivity contribution in [3.63, 3.8) is 0 Å². The van der Waals surface area contributed by atoms with E-state index in [1.165, 1.54) is 6.42 Å². The van der Waals surface area contributed by atoms with Crippen molar-refractivity contribution in [3.8, 4) is 0 Å². The molecule has 1 saturated heterocycles. The number of likely N-dealkylation sites (N-methyl/N-ethyl adjacent to an activating group) is 2. The molecular formula is C13H25N5O. The van der Waals surface area contributed by atoms with Gasteiger partial charge in [-0.1, -0.05) is 5.16 Å². The Labute approximate surface area is 115 Å². The van der Waals surface area contributed by atoms with Crippen molar-refractivity contribution in [1.82, 2.24) is 25.3 Å². The highest BCUT2D eigenvalue weighted by Crippen LogP contribution is 2.20. The van der Waals surface area contributed by atoms with E-state index >= 15 is 0 Å². The molecule has 1 aliphatic rings. The van der Waals surface area contributed by atoms with Crippen LogP contribution >= 0.6 is 0 Å². The van der Waals surface area contributed by atoms with Gasteiger partial charge in [0.25, 0.3) is 0 Å². The van der Waals surface area contributed by atoms with Crippen molar-refractivity contribution < 1.29 is 4.52 Å². The Balaban J connectivity index is 1.99. The molecule has 0 radical (unpaired) electrons. The zero-order valence-corrected chi connectivity index (χ0v) is 12.2. The Bertz CT molecular complexity index is 381. The normalized spacial score (nSPS) is 22.6. The molecule has 1 unspecified atom stereocenters. The van der Waals surface area contributed by atoms with Crippen molar-refractivity contribution in [2.45, 2.75) is 25.3 Å². The fourth-order valence-electron chi connectivity index (χ4n) is 2.47. The van der Waals surface area contributed by atoms with Crippen LogP contribution < -0.4 is 5.32 Å². The third kappa shape index (κ3) is 3.99. The van der Waals surface area contributed by atoms with Gasteiger partial charge in [0, 0.05) is 13.0 Å². The van der Waals surface area contributed by atoms with Gasteiger partial charge in [-0.25, -0.2) is 0 Å². The lowest BCUT2D eigenvalue weighted by Crippen LogP contribution is -2.31. The highest BCUT2D eigenvalue weighted by Gasteiger charge is 2.26. The summed E-state index contributed by atoms with van der Waals surface area (Å²) in [7, 11) is 6.25. The molecule has 0 aromatic carbocycles. The molecule has 6 nitrogen and oxygen atoms in total. The van der Waals surface area contributed by atoms with Gasteiger partial charge in [-0.2, -0.15) is 4.98 Å². The number of rotatable bonds is 5. The molecular weight excluding hydrogens is 242 g/mol. The number of nitrogens with one attached hydrogen (secondary N) is 1. The molecule has 2 rings (SSSR count). The van der Waals surface area contributed by atoms with Crippen LogP contribution in [0.15, 0.2) is 4.52 Å². The monoisotopic (exact) mass is 267 g/mol. The molecule has 0 aliphatic carbocycles. The van der Waals surface area contributed by atoms with E-state index in [1.54, 1.807) is 0 Å². The molecule has 1 aliphatic heterocycles. The summed E-state index contributed by atoms with van der Waals surface area (Å²) >= 11 is 0. The number of aromatic nitrogens is 2. The zero-order valence-electron chi connectivity index (χ0n) is 12.2. The minimum atomic E-state index is 0.245. The summed E-state index contributed by atoms with van der Waals surface area (Å²) in [6, 6.07) is 0.245. The van der Waals surface area contributed by atoms with Crippen LogP contribution in [0.5, 0.6) is 0 Å². The third-order valence-electron chi connectivity index (χ3n) is 3.67. The van der Waals surface area contributed by atoms with Gasteiger partial charge in [0.15, 0.2) is 5.82 Å². The minimum Gasteiger partial charge on any atom is -0.339 e. The van der Waals surface area contributed by atoms with Crippen LogP contribution in [0.25, 0.3) is 0 Å². The minimum absolute atomic E-state index is 0.245. The number of nitrogens with zero attached hydrogens (tertiary/aromatic N) is 4. The van der Waals surface area contributed by atoms with Crippen molar-refractivity contribution >= 4 is 0 Å². The molecule has 1 N–H and O–H groups in total. The predicted octanol–water partition coefficient (Wildman–Crippen LogP) is 0.530. The molecule has 2 heterocycles. The Morgan fingerprint density at radius 2 is 2.21 bits per heavy atom. The molecule has 6 heteroatoms. The molecule has 0 spiro atoms. The molecule has 0 bridgehead atoms. The van der Waals surface area contributed by atoms with Crippen LogP contribution in [0.4, 0.5) is 0 Å². The highest BCUT2D eigenvalue weighted by atomic mass is 16.5. The van der Waals surface area contributed by atoms with Gasteiger partial charge in [-0.15, -0.1) is 0 Å². The van der Waals surface area contributed by atoms with Crippen LogP contribution in [0.2, 0.25) is 0 Å². The molecule has 19 heavy (non-hydrogen) atoms. The van der Waals surface area contributed by atoms with E-state index in [0.717, 1.165) is 50.7 Å². The first-order valence-electron chi connectivity index (χ1n) is 7.06. The van der Waals surface area contributed by atoms with Crippen LogP contribution in [0.1, 0.15) is 30.6 Å². The van der Waals surface area contributed by atoms with Gasteiger partial charge in [-0.05, 0) is 53.6 Å². The second-order valence-electron chi connectivity index (χ2n) is 5.37. The van der Waals surface area contributed by atoms with Crippen molar-refractivity contribution in [3.05, 3.63) is 11.7 Å². The van der Waals surface area contributed by atoms with E-state index in [4.69, 9.17) is 4.52 Å². The first-order chi connectivity index (χ1) is 9.20. The molecule has 1 atom stereocenters. The topological polar surface area (TPSA) is 57.4 Å². The Morgan fingerprint density at radius 1 is 1.37 bits per heavy atom. The summed E-state index contributed by atoms with van der Waals surface area (Å²) in [5.41, 5.74) is 0. The first-order valence-corrected chi connectivity index (χ1v) is 7.06. The van der Waals surface area contributed by atoms with Crippen LogP contribution in [0, 0.1) is 0 Å². The van der Waals surface area contributed by atoms with Crippen LogP contribution in [-0.4, -0.2) is 67.3 Å². The third-order valence-corrected chi connectivity index (χ3v) is 3.67. The van der Waals surface area contributed by atoms with Gasteiger partial charge in [0.1, 0.15) is 0 Å². The zero-order chi connectivity index (χ0) is 13.7. The highest BCUT2D eigenvalue weighted by molar-refractivity contribution is 4.97. The Hall–Kier alpha value is -0.980. The predicted molar refractivity (Wildman–Crippen MR) is 74.0 cm³/mol. The van der Waals surface area contributed by atoms with Crippen LogP contribution in [0.3, 0.4) is 0 Å². The Kier molecular flexibility index (Phi) is 5.30. The van der Waals surface area contributed by atoms with E-state index in [1.807, 2.05) is 7.05 Å². The lowest BCUT2D eigenvalue weighted by Gasteiger charge is -2.24. The van der Waals surface area contributed by atoms with E-state index in [-0.39, 0.29) is 6.04 Å². The largest absolute Gasteiger partial charge is 0.339 e. The average Bonchev–Trinajstić information content (AvgIpc) is 2.78. The van der Waals surface area contributed by atoms with Crippen molar-refractivity contribution in [2.24, 2.45) is 0 Å². The van der Waals surface area contributed by atoms with E-state index in [2.05, 4.69) is 39.4 Å². The first kappa shape index (κ1) is 14.4. The lowest BCUT2D eigenvalue weighted by atomic mass is 10.2. The van der Waals surface area contributed by atoms with E-state index < -0.39 is 0 Å². The SMILES string of the molecule is CNCCCc1nc(C2CN(C)CCCN2C)no1. The Morgan fingerprint density at radius 3 is 3.00 bits per heavy atom. The summed E-state index contributed by atoms with van der Waals surface area (Å²) in [4.78, 5) is 9.22. The van der Waals surface area contributed by atoms with Gasteiger partial charge >= 0.3 is 0 Å². The van der Waals surface area contributed by atoms with E-state index in [0.29, 0.717) is 0 Å². The van der Waals surface area contributed by atoms with E-state index in [9.17, 15) is 0 Å². The molecule has 1 aromatic heterocycles. The van der Waals surface area contributed by atoms with Gasteiger partial charge in [-0.3, -0.25) is 4.90 Å². The molecule has 108 valence electrons. The molecule has 0 saturated carbocycles. The quantitative estimate of drug-likeness (QED) is 0.785. The summed E-state index contributed by atoms with van der Waals surface area (Å²) in [6.07, 6.45) is 3.06. The maximum Gasteiger partial charge on any atom is 0.226 e. The maximum atomic E-state index is 5.35. The summed E-state index contributed by atoms with van der Waals surface area (Å²) in [5, 5.41) is 7.29. The van der Waals surface area contributed by atoms with Crippen molar-refractivity contribution in [2.75, 3.05) is 47.3 Å². The van der Waals surface area contributed by atoms with Gasteiger partial charge < -0.3 is 14.7 Å². The van der Waals surface area contributed by atoms with Crippen LogP contribution in [-0.2, 0) is 6.42 Å². The number of aryl methyl sites for hydroxylation is 1. The summed E-state index contributed by atoms with van der Waals surface area (Å²) in [6.45, 7) is 4.15. The molecule has 1 aromatic rings. The average molecular weight is 267 g/mol. The van der Waals surface area contributed by atoms with Gasteiger partial charge in [0.05, 0.1) is 6.04 Å². The summed E-state index contributed by atoms with van der Waals surface area (Å²) < 4.78 is 5.35. The second-order valence-corrected chi connectivity index (χ2v) is 5.37. The summed E-state index contributed by atoms with van der Waals surface area (Å²) in [5.74, 6) is 1.58. The number of hydrogen-bond acceptors (Lipinski definition) is 6. The smallest absolute Gasteiger partial charge is 0.226 e. The fourth-order valence-corrected chi connectivity index (χ4v) is 2.47. The van der Waals surface area contributed by atoms with Crippen molar-refractivity contribution in [1.29, 1.82) is 0 Å². The fraction of sp³-hybridized carbons (Fsp3) is 0.846. The standard InChI is InChI=1S/C13H25N5O/c1-14-7-4-6-12-15-13(16-19-12)11-10-17(2)8-5-9-18(11)3/h11,14H,4-10H2,1-3H3. The molecule has 1 fully saturated rings. The molecule has 0 amide bonds. The second kappa shape index (κ2) is 6.98. The lowest BCUT2D eigenvalue weighted by molar-refractivity contribution is 0.214. The van der Waals surface area contributed by atoms with Gasteiger partial charge in [0.2, 0.25) is 5.89 Å².